The molecule has 0 saturated heterocycles. The van der Waals surface area contributed by atoms with E-state index in [1.165, 1.54) is 56.9 Å². The Labute approximate surface area is 214 Å². The Balaban J connectivity index is 1.74. The minimum absolute atomic E-state index is 0.208. The summed E-state index contributed by atoms with van der Waals surface area (Å²) in [6.45, 7) is 12.0. The van der Waals surface area contributed by atoms with E-state index in [0.717, 1.165) is 13.1 Å². The van der Waals surface area contributed by atoms with Crippen LogP contribution in [-0.4, -0.2) is 48.1 Å². The third-order valence-corrected chi connectivity index (χ3v) is 11.6. The predicted octanol–water partition coefficient (Wildman–Crippen LogP) is 2.82. The molecule has 3 heteroatoms. The standard InChI is InChI=1S/C31H35N2Te/c1-30(2)12-14-32(5)25-18-27-21(16-23(25)30)29(20-10-8-7-9-11-20)22-17-24-26(19-28(22)34-27)33(6)15-13-31(24,3)4/h7-11,16-19H,12-15H2,1-6H3/q+1. The Morgan fingerprint density at radius 3 is 2.35 bits per heavy atom. The van der Waals surface area contributed by atoms with Crippen LogP contribution in [0.25, 0.3) is 5.57 Å². The molecule has 3 aromatic carbocycles. The van der Waals surface area contributed by atoms with Gasteiger partial charge in [-0.1, -0.05) is 0 Å². The molecule has 3 aromatic rings. The Bertz CT molecular complexity index is 1450. The van der Waals surface area contributed by atoms with Crippen LogP contribution in [0, 0.1) is 0 Å². The molecule has 3 aliphatic rings. The van der Waals surface area contributed by atoms with Crippen LogP contribution >= 0.6 is 0 Å². The first-order valence-electron chi connectivity index (χ1n) is 12.6. The molecule has 0 bridgehead atoms. The Hall–Kier alpha value is -2.08. The van der Waals surface area contributed by atoms with E-state index in [2.05, 4.69) is 106 Å². The second-order valence-corrected chi connectivity index (χ2v) is 14.8. The number of benzene rings is 3. The zero-order chi connectivity index (χ0) is 23.8. The van der Waals surface area contributed by atoms with Gasteiger partial charge in [-0.15, -0.1) is 0 Å². The first-order valence-corrected chi connectivity index (χ1v) is 14.9. The van der Waals surface area contributed by atoms with Crippen LogP contribution in [0.3, 0.4) is 0 Å². The van der Waals surface area contributed by atoms with Gasteiger partial charge in [-0.3, -0.25) is 0 Å². The summed E-state index contributed by atoms with van der Waals surface area (Å²) in [5.74, 6) is 0. The van der Waals surface area contributed by atoms with E-state index in [-0.39, 0.29) is 10.8 Å². The average Bonchev–Trinajstić information content (AvgIpc) is 2.82. The fraction of sp³-hybridized carbons (Fsp3) is 0.387. The first-order chi connectivity index (χ1) is 16.2. The van der Waals surface area contributed by atoms with E-state index in [0.29, 0.717) is 0 Å². The van der Waals surface area contributed by atoms with Crippen LogP contribution in [0.2, 0.25) is 0 Å². The molecule has 0 unspecified atom stereocenters. The molecule has 174 valence electrons. The maximum absolute atomic E-state index is 2.58. The van der Waals surface area contributed by atoms with Gasteiger partial charge in [0, 0.05) is 0 Å². The second-order valence-electron chi connectivity index (χ2n) is 11.7. The minimum atomic E-state index is -0.482. The zero-order valence-corrected chi connectivity index (χ0v) is 23.7. The van der Waals surface area contributed by atoms with Gasteiger partial charge in [0.25, 0.3) is 0 Å². The summed E-state index contributed by atoms with van der Waals surface area (Å²) in [6, 6.07) is 21.4. The molecule has 0 atom stereocenters. The molecule has 3 heterocycles. The van der Waals surface area contributed by atoms with Crippen molar-refractivity contribution in [1.82, 2.24) is 4.58 Å². The molecule has 3 aliphatic heterocycles. The van der Waals surface area contributed by atoms with Gasteiger partial charge in [-0.05, 0) is 0 Å². The van der Waals surface area contributed by atoms with Crippen LogP contribution in [0.15, 0.2) is 54.6 Å². The van der Waals surface area contributed by atoms with Crippen molar-refractivity contribution >= 4 is 39.4 Å². The summed E-state index contributed by atoms with van der Waals surface area (Å²) in [7, 11) is 4.54. The van der Waals surface area contributed by atoms with E-state index in [1.807, 2.05) is 0 Å². The normalized spacial score (nSPS) is 19.8. The third kappa shape index (κ3) is 3.39. The molecule has 0 spiro atoms. The van der Waals surface area contributed by atoms with Crippen molar-refractivity contribution in [2.24, 2.45) is 0 Å². The number of rotatable bonds is 1. The molecule has 6 rings (SSSR count). The fourth-order valence-corrected chi connectivity index (χ4v) is 9.19. The molecule has 0 aromatic heterocycles. The van der Waals surface area contributed by atoms with Crippen molar-refractivity contribution in [1.29, 1.82) is 0 Å². The van der Waals surface area contributed by atoms with Gasteiger partial charge in [-0.2, -0.15) is 0 Å². The molecule has 2 nitrogen and oxygen atoms in total. The average molecular weight is 563 g/mol. The van der Waals surface area contributed by atoms with Gasteiger partial charge in [-0.25, -0.2) is 0 Å². The van der Waals surface area contributed by atoms with Crippen molar-refractivity contribution in [2.45, 2.75) is 51.4 Å². The topological polar surface area (TPSA) is 6.25 Å². The van der Waals surface area contributed by atoms with Gasteiger partial charge in [0.1, 0.15) is 0 Å². The van der Waals surface area contributed by atoms with E-state index in [4.69, 9.17) is 0 Å². The summed E-state index contributed by atoms with van der Waals surface area (Å²) < 4.78 is 5.67. The van der Waals surface area contributed by atoms with Crippen molar-refractivity contribution in [3.63, 3.8) is 0 Å². The van der Waals surface area contributed by atoms with Crippen molar-refractivity contribution in [3.05, 3.63) is 87.4 Å². The van der Waals surface area contributed by atoms with E-state index in [9.17, 15) is 0 Å². The molecule has 0 aliphatic carbocycles. The van der Waals surface area contributed by atoms with Crippen molar-refractivity contribution < 1.29 is 0 Å². The van der Waals surface area contributed by atoms with Crippen LogP contribution < -0.4 is 27.3 Å². The molecule has 0 saturated carbocycles. The number of hydrogen-bond acceptors (Lipinski definition) is 1. The fourth-order valence-electron chi connectivity index (χ4n) is 6.00. The first kappa shape index (κ1) is 22.4. The van der Waals surface area contributed by atoms with E-state index in [1.54, 1.807) is 7.22 Å². The summed E-state index contributed by atoms with van der Waals surface area (Å²) in [5.41, 5.74) is 9.18. The van der Waals surface area contributed by atoms with Gasteiger partial charge in [0.05, 0.1) is 0 Å². The molecule has 0 fully saturated rings. The number of fused-ring (bicyclic) bond motifs is 4. The molecule has 0 N–H and O–H groups in total. The zero-order valence-electron chi connectivity index (χ0n) is 21.3. The van der Waals surface area contributed by atoms with Crippen LogP contribution in [0.1, 0.15) is 62.8 Å². The van der Waals surface area contributed by atoms with Crippen LogP contribution in [0.5, 0.6) is 0 Å². The Kier molecular flexibility index (Phi) is 5.08. The second kappa shape index (κ2) is 7.71. The Morgan fingerprint density at radius 1 is 0.853 bits per heavy atom. The summed E-state index contributed by atoms with van der Waals surface area (Å²) in [4.78, 5) is 2.48. The Morgan fingerprint density at radius 2 is 1.59 bits per heavy atom. The summed E-state index contributed by atoms with van der Waals surface area (Å²) >= 11 is -0.482. The summed E-state index contributed by atoms with van der Waals surface area (Å²) in [5, 5.41) is 2.94. The molecular formula is C31H35N2Te+. The van der Waals surface area contributed by atoms with Crippen molar-refractivity contribution in [3.8, 4) is 0 Å². The van der Waals surface area contributed by atoms with Gasteiger partial charge in [0.15, 0.2) is 0 Å². The summed E-state index contributed by atoms with van der Waals surface area (Å²) in [6.07, 6.45) is 2.41. The van der Waals surface area contributed by atoms with E-state index >= 15 is 0 Å². The van der Waals surface area contributed by atoms with Gasteiger partial charge < -0.3 is 0 Å². The van der Waals surface area contributed by atoms with Crippen LogP contribution in [-0.2, 0) is 10.8 Å². The molecule has 34 heavy (non-hydrogen) atoms. The SMILES string of the molecule is CN1CCC(C)(C)c2cc3c(cc21)[Te]c1cc2c(cc1=C3c1ccccc1)C(C)(C)CC[N+]=2C. The molecule has 0 radical (unpaired) electrons. The maximum atomic E-state index is 2.58. The number of anilines is 1. The number of nitrogens with zero attached hydrogens (tertiary/aromatic N) is 2. The van der Waals surface area contributed by atoms with E-state index < -0.39 is 20.9 Å². The predicted molar refractivity (Wildman–Crippen MR) is 146 cm³/mol. The van der Waals surface area contributed by atoms with Crippen LogP contribution in [0.4, 0.5) is 5.69 Å². The third-order valence-electron chi connectivity index (χ3n) is 8.44. The quantitative estimate of drug-likeness (QED) is 0.255. The monoisotopic (exact) mass is 565 g/mol. The molecule has 0 amide bonds. The van der Waals surface area contributed by atoms with Gasteiger partial charge in [0.2, 0.25) is 0 Å². The number of hydrogen-bond donors (Lipinski definition) is 0. The van der Waals surface area contributed by atoms with Crippen molar-refractivity contribution in [2.75, 3.05) is 32.1 Å². The molecular weight excluding hydrogens is 528 g/mol. The van der Waals surface area contributed by atoms with Gasteiger partial charge >= 0.3 is 215 Å².